The van der Waals surface area contributed by atoms with Crippen LogP contribution >= 0.6 is 22.7 Å². The van der Waals surface area contributed by atoms with Gasteiger partial charge in [0.1, 0.15) is 97.3 Å². The molecule has 0 saturated carbocycles. The van der Waals surface area contributed by atoms with Gasteiger partial charge in [0.25, 0.3) is 23.6 Å². The second-order valence-corrected chi connectivity index (χ2v) is 26.6. The van der Waals surface area contributed by atoms with E-state index in [4.69, 9.17) is 47.9 Å². The molecule has 2 atom stereocenters. The van der Waals surface area contributed by atoms with Crippen LogP contribution in [-0.4, -0.2) is 90.9 Å². The number of carbonyl (C=O) groups is 10. The molecule has 0 bridgehead atoms. The molecular formula is C80H54N8O18S2. The second-order valence-electron chi connectivity index (χ2n) is 24.7. The number of ether oxygens (including phenoxy) is 8. The molecule has 2 unspecified atom stereocenters. The van der Waals surface area contributed by atoms with Crippen LogP contribution in [-0.2, 0) is 127 Å². The third-order valence-electron chi connectivity index (χ3n) is 17.8. The van der Waals surface area contributed by atoms with Crippen molar-refractivity contribution in [2.45, 2.75) is 64.7 Å². The lowest BCUT2D eigenvalue weighted by Crippen LogP contribution is -2.51. The molecule has 108 heavy (non-hydrogen) atoms. The van der Waals surface area contributed by atoms with E-state index >= 15 is 19.2 Å². The van der Waals surface area contributed by atoms with Crippen LogP contribution in [0.5, 0.6) is 0 Å². The molecular weight excluding hydrogens is 1430 g/mol. The van der Waals surface area contributed by atoms with E-state index in [1.165, 1.54) is 13.8 Å². The lowest BCUT2D eigenvalue weighted by Gasteiger charge is -2.40. The van der Waals surface area contributed by atoms with Crippen LogP contribution in [0.1, 0.15) is 68.4 Å². The third-order valence-corrected chi connectivity index (χ3v) is 19.8. The molecule has 28 heteroatoms. The normalized spacial score (nSPS) is 17.9. The van der Waals surface area contributed by atoms with Gasteiger partial charge in [0.05, 0.1) is 9.75 Å². The Hall–Kier alpha value is -14.0. The van der Waals surface area contributed by atoms with Crippen LogP contribution in [0.2, 0.25) is 0 Å². The molecule has 14 rings (SSSR count). The first kappa shape index (κ1) is 71.0. The number of fused-ring (bicyclic) bond motifs is 7. The van der Waals surface area contributed by atoms with Gasteiger partial charge in [-0.2, -0.15) is 20.3 Å². The van der Waals surface area contributed by atoms with E-state index in [1.54, 1.807) is 218 Å². The molecule has 4 aliphatic heterocycles. The lowest BCUT2D eigenvalue weighted by molar-refractivity contribution is -0.191. The van der Waals surface area contributed by atoms with Gasteiger partial charge in [-0.1, -0.05) is 217 Å². The SMILES string of the molecule is CC1=C(C#N)C(=O)N(C(=O)OCc2ccccc2)C(=O)/C1=N\c1nc2c(s1)C1=CC3C=C4OC(C(=O)OCc5ccccc5)(C(=O)OCc5ccccc5)c5nc(/N=C6/C(=O)N(C(=O)OCc7ccccc7)C(=O)C(C#N)=C6C)sc5C4=CC3C=C1OC2(C(=O)OCc1ccccc1)C(=O)OCc1ccccc1. The zero-order valence-corrected chi connectivity index (χ0v) is 58.4. The molecule has 534 valence electrons. The molecule has 0 fully saturated rings. The number of carbonyl (C=O) groups excluding carboxylic acids is 10. The summed E-state index contributed by atoms with van der Waals surface area (Å²) in [5.41, 5.74) is -6.66. The van der Waals surface area contributed by atoms with E-state index < -0.39 is 143 Å². The minimum Gasteiger partial charge on any atom is -0.458 e. The minimum atomic E-state index is -2.98. The number of aromatic nitrogens is 2. The summed E-state index contributed by atoms with van der Waals surface area (Å²) >= 11 is 1.44. The number of nitrogens with zero attached hydrogens (tertiary/aromatic N) is 8. The Kier molecular flexibility index (Phi) is 19.7. The molecule has 6 aliphatic rings. The first-order valence-electron chi connectivity index (χ1n) is 33.1. The number of allylic oxidation sites excluding steroid dienone is 6. The van der Waals surface area contributed by atoms with Gasteiger partial charge in [-0.05, 0) is 59.4 Å². The smallest absolute Gasteiger partial charge is 0.424 e. The van der Waals surface area contributed by atoms with Crippen molar-refractivity contribution in [2.24, 2.45) is 21.8 Å². The summed E-state index contributed by atoms with van der Waals surface area (Å²) in [4.78, 5) is 166. The maximum absolute atomic E-state index is 15.5. The van der Waals surface area contributed by atoms with Crippen LogP contribution in [0.3, 0.4) is 0 Å². The van der Waals surface area contributed by atoms with Crippen molar-refractivity contribution in [1.82, 2.24) is 19.8 Å². The number of rotatable bonds is 18. The summed E-state index contributed by atoms with van der Waals surface area (Å²) in [5, 5.41) is 20.0. The number of nitriles is 2. The highest BCUT2D eigenvalue weighted by Gasteiger charge is 2.63. The van der Waals surface area contributed by atoms with Crippen molar-refractivity contribution in [3.8, 4) is 12.1 Å². The molecule has 26 nitrogen and oxygen atoms in total. The Labute approximate surface area is 621 Å². The van der Waals surface area contributed by atoms with Crippen molar-refractivity contribution in [2.75, 3.05) is 0 Å². The van der Waals surface area contributed by atoms with Crippen LogP contribution in [0.4, 0.5) is 19.9 Å². The summed E-state index contributed by atoms with van der Waals surface area (Å²) in [6, 6.07) is 54.2. The van der Waals surface area contributed by atoms with Crippen LogP contribution in [0.25, 0.3) is 11.1 Å². The highest BCUT2D eigenvalue weighted by Crippen LogP contribution is 2.56. The van der Waals surface area contributed by atoms with E-state index in [0.717, 1.165) is 22.7 Å². The molecule has 6 amide bonds. The van der Waals surface area contributed by atoms with Gasteiger partial charge in [0, 0.05) is 34.1 Å². The summed E-state index contributed by atoms with van der Waals surface area (Å²) in [6.45, 7) is 0.126. The van der Waals surface area contributed by atoms with Gasteiger partial charge in [0.2, 0.25) is 10.3 Å². The molecule has 2 aromatic heterocycles. The first-order valence-corrected chi connectivity index (χ1v) is 34.7. The highest BCUT2D eigenvalue weighted by molar-refractivity contribution is 7.17. The topological polar surface area (TPSA) is 349 Å². The Balaban J connectivity index is 0.923. The van der Waals surface area contributed by atoms with Gasteiger partial charge in [-0.25, -0.2) is 48.7 Å². The predicted octanol–water partition coefficient (Wildman–Crippen LogP) is 11.8. The van der Waals surface area contributed by atoms with Crippen LogP contribution in [0, 0.1) is 34.5 Å². The quantitative estimate of drug-likeness (QED) is 0.0333. The standard InChI is InChI=1S/C80H54N8O18S2/c1-45-57(37-81)67(89)87(77(97)103-43-51-29-17-7-18-30-51)69(91)61(45)83-75-85-65-63(107-75)55-33-53-36-60-56(34-54(53)35-59(55)105-79(65,71(93)99-39-47-21-9-3-10-22-47)72(94)100-40-48-23-11-4-12-24-48)64-66(80(106-60,73(95)101-41-49-25-13-5-14-26-49)74(96)102-42-50-27-15-6-16-28-50)86-76(108-64)84-62-46(2)58(38-82)68(90)88(70(62)92)78(98)104-44-52-31-19-8-20-32-52/h3-36,53-54H,39-44H2,1-2H3/b83-61-,84-62+. The highest BCUT2D eigenvalue weighted by atomic mass is 32.1. The number of aliphatic imine (C=N–C) groups is 2. The number of hydrogen-bond acceptors (Lipinski definition) is 26. The predicted molar refractivity (Wildman–Crippen MR) is 382 cm³/mol. The van der Waals surface area contributed by atoms with E-state index in [9.17, 15) is 39.3 Å². The number of thiazole rings is 2. The van der Waals surface area contributed by atoms with E-state index in [0.29, 0.717) is 33.4 Å². The number of benzene rings is 6. The van der Waals surface area contributed by atoms with Crippen molar-refractivity contribution in [3.05, 3.63) is 295 Å². The number of esters is 4. The summed E-state index contributed by atoms with van der Waals surface area (Å²) in [6.07, 6.45) is 3.57. The van der Waals surface area contributed by atoms with Gasteiger partial charge >= 0.3 is 47.3 Å². The van der Waals surface area contributed by atoms with Crippen molar-refractivity contribution < 1.29 is 85.8 Å². The monoisotopic (exact) mass is 1480 g/mol. The second kappa shape index (κ2) is 30.0. The third kappa shape index (κ3) is 13.5. The summed E-state index contributed by atoms with van der Waals surface area (Å²) in [7, 11) is 0. The van der Waals surface area contributed by atoms with Crippen LogP contribution < -0.4 is 0 Å². The van der Waals surface area contributed by atoms with Gasteiger partial charge < -0.3 is 37.9 Å². The van der Waals surface area contributed by atoms with E-state index in [2.05, 4.69) is 9.98 Å². The number of hydrogen-bond donors (Lipinski definition) is 0. The lowest BCUT2D eigenvalue weighted by atomic mass is 9.76. The average molecular weight is 1480 g/mol. The zero-order chi connectivity index (χ0) is 75.4. The van der Waals surface area contributed by atoms with Crippen molar-refractivity contribution in [1.29, 1.82) is 10.5 Å². The number of amides is 6. The molecule has 8 aromatic rings. The Morgan fingerprint density at radius 1 is 0.417 bits per heavy atom. The fourth-order valence-electron chi connectivity index (χ4n) is 12.3. The summed E-state index contributed by atoms with van der Waals surface area (Å²) in [5.74, 6) is -12.6. The maximum Gasteiger partial charge on any atom is 0.424 e. The molecule has 6 aromatic carbocycles. The molecule has 6 heterocycles. The molecule has 0 saturated heterocycles. The minimum absolute atomic E-state index is 0.000309. The molecule has 0 radical (unpaired) electrons. The maximum atomic E-state index is 15.5. The fraction of sp³-hybridized carbons (Fsp3) is 0.150. The largest absolute Gasteiger partial charge is 0.458 e. The van der Waals surface area contributed by atoms with E-state index in [1.807, 2.05) is 0 Å². The fourth-order valence-corrected chi connectivity index (χ4v) is 14.3. The van der Waals surface area contributed by atoms with Crippen molar-refractivity contribution >= 4 is 115 Å². The van der Waals surface area contributed by atoms with Gasteiger partial charge in [0.15, 0.2) is 0 Å². The van der Waals surface area contributed by atoms with Gasteiger partial charge in [-0.3, -0.25) is 19.2 Å². The summed E-state index contributed by atoms with van der Waals surface area (Å²) < 4.78 is 48.5. The Morgan fingerprint density at radius 3 is 0.954 bits per heavy atom. The van der Waals surface area contributed by atoms with Crippen LogP contribution in [0.15, 0.2) is 250 Å². The Morgan fingerprint density at radius 2 is 0.685 bits per heavy atom. The molecule has 0 spiro atoms. The van der Waals surface area contributed by atoms with Gasteiger partial charge in [-0.15, -0.1) is 0 Å². The molecule has 0 N–H and O–H groups in total. The van der Waals surface area contributed by atoms with E-state index in [-0.39, 0.29) is 76.8 Å². The first-order chi connectivity index (χ1) is 52.4. The Bertz CT molecular complexity index is 5010. The zero-order valence-electron chi connectivity index (χ0n) is 56.8. The average Bonchev–Trinajstić information content (AvgIpc) is 1.36. The molecule has 2 aliphatic carbocycles. The van der Waals surface area contributed by atoms with Crippen molar-refractivity contribution in [3.63, 3.8) is 0 Å². The number of imide groups is 6.